The van der Waals surface area contributed by atoms with Gasteiger partial charge in [0.25, 0.3) is 5.91 Å². The highest BCUT2D eigenvalue weighted by Gasteiger charge is 2.37. The smallest absolute Gasteiger partial charge is 0.306 e. The third-order valence-corrected chi connectivity index (χ3v) is 5.34. The minimum absolute atomic E-state index is 0.0369. The molecular weight excluding hydrogens is 443 g/mol. The van der Waals surface area contributed by atoms with Crippen LogP contribution in [0.1, 0.15) is 55.1 Å². The van der Waals surface area contributed by atoms with E-state index in [1.807, 2.05) is 0 Å². The van der Waals surface area contributed by atoms with Crippen LogP contribution in [0, 0.1) is 5.82 Å². The second kappa shape index (κ2) is 10.1. The molecule has 2 aromatic rings. The van der Waals surface area contributed by atoms with Gasteiger partial charge in [0, 0.05) is 23.1 Å². The van der Waals surface area contributed by atoms with Crippen LogP contribution in [-0.4, -0.2) is 41.4 Å². The Morgan fingerprint density at radius 3 is 2.59 bits per heavy atom. The third-order valence-electron chi connectivity index (χ3n) is 5.34. The quantitative estimate of drug-likeness (QED) is 0.561. The lowest BCUT2D eigenvalue weighted by molar-refractivity contribution is -0.155. The zero-order valence-electron chi connectivity index (χ0n) is 19.7. The van der Waals surface area contributed by atoms with Crippen LogP contribution < -0.4 is 15.2 Å². The molecule has 1 heterocycles. The Labute approximate surface area is 197 Å². The first-order valence-corrected chi connectivity index (χ1v) is 10.9. The lowest BCUT2D eigenvalue weighted by Crippen LogP contribution is -2.45. The number of nitrogens with two attached hydrogens (primary N) is 1. The van der Waals surface area contributed by atoms with Gasteiger partial charge in [0.15, 0.2) is 0 Å². The van der Waals surface area contributed by atoms with Gasteiger partial charge in [-0.05, 0) is 57.5 Å². The van der Waals surface area contributed by atoms with Gasteiger partial charge in [-0.2, -0.15) is 0 Å². The molecule has 0 saturated heterocycles. The van der Waals surface area contributed by atoms with Crippen molar-refractivity contribution in [1.82, 2.24) is 4.90 Å². The van der Waals surface area contributed by atoms with Gasteiger partial charge in [0.2, 0.25) is 5.91 Å². The number of amides is 2. The molecule has 0 bridgehead atoms. The Kier molecular flexibility index (Phi) is 7.44. The van der Waals surface area contributed by atoms with Crippen LogP contribution in [0.15, 0.2) is 36.4 Å². The van der Waals surface area contributed by atoms with Crippen molar-refractivity contribution >= 4 is 17.8 Å². The first kappa shape index (κ1) is 25.0. The number of carbonyl (C=O) groups excluding carboxylic acids is 3. The number of hydrogen-bond acceptors (Lipinski definition) is 6. The topological polar surface area (TPSA) is 108 Å². The summed E-state index contributed by atoms with van der Waals surface area (Å²) in [6, 6.07) is 8.30. The Balaban J connectivity index is 1.75. The normalized spacial score (nSPS) is 13.9. The summed E-state index contributed by atoms with van der Waals surface area (Å²) in [5, 5.41) is 0. The van der Waals surface area contributed by atoms with Crippen molar-refractivity contribution in [2.45, 2.75) is 58.4 Å². The zero-order chi connectivity index (χ0) is 25.0. The number of nitrogens with zero attached hydrogens (tertiary/aromatic N) is 1. The predicted octanol–water partition coefficient (Wildman–Crippen LogP) is 3.34. The Morgan fingerprint density at radius 1 is 1.21 bits per heavy atom. The van der Waals surface area contributed by atoms with Crippen LogP contribution in [-0.2, 0) is 27.5 Å². The van der Waals surface area contributed by atoms with E-state index in [0.717, 1.165) is 0 Å². The lowest BCUT2D eigenvalue weighted by atomic mass is 10.1. The summed E-state index contributed by atoms with van der Waals surface area (Å²) in [6.45, 7) is 5.24. The Morgan fingerprint density at radius 2 is 1.94 bits per heavy atom. The third kappa shape index (κ3) is 5.84. The summed E-state index contributed by atoms with van der Waals surface area (Å²) >= 11 is 0. The zero-order valence-corrected chi connectivity index (χ0v) is 19.7. The van der Waals surface area contributed by atoms with Crippen molar-refractivity contribution in [1.29, 1.82) is 0 Å². The highest BCUT2D eigenvalue weighted by atomic mass is 19.1. The van der Waals surface area contributed by atoms with Crippen molar-refractivity contribution in [2.24, 2.45) is 5.73 Å². The number of ether oxygens (including phenoxy) is 3. The minimum atomic E-state index is -0.990. The van der Waals surface area contributed by atoms with Crippen molar-refractivity contribution in [3.8, 4) is 11.5 Å². The SMILES string of the molecule is COc1ccc(F)c(COc2cccc3c2CN(C(CCC(=O)OC(C)(C)C)C(N)=O)C3=O)c1. The molecule has 9 heteroatoms. The number of esters is 1. The molecule has 0 aromatic heterocycles. The summed E-state index contributed by atoms with van der Waals surface area (Å²) in [6.07, 6.45) is -0.0291. The number of fused-ring (bicyclic) bond motifs is 1. The van der Waals surface area contributed by atoms with Crippen LogP contribution in [0.4, 0.5) is 4.39 Å². The molecule has 1 aliphatic heterocycles. The van der Waals surface area contributed by atoms with Crippen LogP contribution in [0.2, 0.25) is 0 Å². The predicted molar refractivity (Wildman–Crippen MR) is 122 cm³/mol. The molecule has 0 aliphatic carbocycles. The summed E-state index contributed by atoms with van der Waals surface area (Å²) in [4.78, 5) is 38.7. The van der Waals surface area contributed by atoms with E-state index in [-0.39, 0.29) is 31.9 Å². The van der Waals surface area contributed by atoms with Gasteiger partial charge in [-0.3, -0.25) is 14.4 Å². The van der Waals surface area contributed by atoms with E-state index in [9.17, 15) is 18.8 Å². The lowest BCUT2D eigenvalue weighted by Gasteiger charge is -2.26. The number of rotatable bonds is 9. The van der Waals surface area contributed by atoms with Gasteiger partial charge in [-0.25, -0.2) is 4.39 Å². The number of hydrogen-bond donors (Lipinski definition) is 1. The molecule has 1 atom stereocenters. The average molecular weight is 473 g/mol. The molecule has 34 heavy (non-hydrogen) atoms. The first-order chi connectivity index (χ1) is 16.0. The van der Waals surface area contributed by atoms with Gasteiger partial charge >= 0.3 is 5.97 Å². The van der Waals surface area contributed by atoms with Gasteiger partial charge in [-0.15, -0.1) is 0 Å². The fourth-order valence-electron chi connectivity index (χ4n) is 3.76. The van der Waals surface area contributed by atoms with Crippen molar-refractivity contribution in [2.75, 3.05) is 7.11 Å². The van der Waals surface area contributed by atoms with E-state index < -0.39 is 29.3 Å². The van der Waals surface area contributed by atoms with E-state index in [2.05, 4.69) is 0 Å². The van der Waals surface area contributed by atoms with E-state index in [1.165, 1.54) is 30.2 Å². The summed E-state index contributed by atoms with van der Waals surface area (Å²) in [5.41, 5.74) is 6.15. The fraction of sp³-hybridized carbons (Fsp3) is 0.400. The van der Waals surface area contributed by atoms with E-state index in [1.54, 1.807) is 39.0 Å². The molecule has 0 radical (unpaired) electrons. The highest BCUT2D eigenvalue weighted by molar-refractivity contribution is 6.01. The molecule has 1 aliphatic rings. The van der Waals surface area contributed by atoms with Crippen LogP contribution in [0.3, 0.4) is 0 Å². The molecule has 0 fully saturated rings. The average Bonchev–Trinajstić information content (AvgIpc) is 3.09. The standard InChI is InChI=1S/C25H29FN2O6/c1-25(2,3)34-22(29)11-10-20(23(27)30)28-13-18-17(24(28)31)6-5-7-21(18)33-14-15-12-16(32-4)8-9-19(15)26/h5-9,12,20H,10-11,13-14H2,1-4H3,(H2,27,30). The molecule has 2 aromatic carbocycles. The molecule has 182 valence electrons. The van der Waals surface area contributed by atoms with Crippen LogP contribution in [0.5, 0.6) is 11.5 Å². The van der Waals surface area contributed by atoms with E-state index in [0.29, 0.717) is 28.2 Å². The largest absolute Gasteiger partial charge is 0.497 e. The maximum Gasteiger partial charge on any atom is 0.306 e. The summed E-state index contributed by atoms with van der Waals surface area (Å²) < 4.78 is 30.4. The number of carbonyl (C=O) groups is 3. The molecular formula is C25H29FN2O6. The highest BCUT2D eigenvalue weighted by Crippen LogP contribution is 2.33. The summed E-state index contributed by atoms with van der Waals surface area (Å²) in [5.74, 6) is -1.14. The number of benzene rings is 2. The summed E-state index contributed by atoms with van der Waals surface area (Å²) in [7, 11) is 1.49. The van der Waals surface area contributed by atoms with Crippen molar-refractivity contribution in [3.63, 3.8) is 0 Å². The van der Waals surface area contributed by atoms with E-state index in [4.69, 9.17) is 19.9 Å². The molecule has 1 unspecified atom stereocenters. The molecule has 2 amide bonds. The van der Waals surface area contributed by atoms with Gasteiger partial charge < -0.3 is 24.8 Å². The molecule has 0 spiro atoms. The van der Waals surface area contributed by atoms with Gasteiger partial charge in [0.1, 0.15) is 35.6 Å². The van der Waals surface area contributed by atoms with Crippen LogP contribution >= 0.6 is 0 Å². The number of methoxy groups -OCH3 is 1. The van der Waals surface area contributed by atoms with Gasteiger partial charge in [0.05, 0.1) is 13.7 Å². The van der Waals surface area contributed by atoms with Gasteiger partial charge in [-0.1, -0.05) is 6.07 Å². The number of primary amides is 1. The second-order valence-corrected chi connectivity index (χ2v) is 9.00. The van der Waals surface area contributed by atoms with Crippen molar-refractivity contribution in [3.05, 3.63) is 58.9 Å². The monoisotopic (exact) mass is 472 g/mol. The second-order valence-electron chi connectivity index (χ2n) is 9.00. The van der Waals surface area contributed by atoms with Crippen LogP contribution in [0.25, 0.3) is 0 Å². The fourth-order valence-corrected chi connectivity index (χ4v) is 3.76. The molecule has 8 nitrogen and oxygen atoms in total. The minimum Gasteiger partial charge on any atom is -0.497 e. The van der Waals surface area contributed by atoms with Crippen molar-refractivity contribution < 1.29 is 33.0 Å². The Bertz CT molecular complexity index is 1100. The number of halogens is 1. The Hall–Kier alpha value is -3.62. The maximum atomic E-state index is 14.2. The maximum absolute atomic E-state index is 14.2. The molecule has 2 N–H and O–H groups in total. The first-order valence-electron chi connectivity index (χ1n) is 10.9. The van der Waals surface area contributed by atoms with E-state index >= 15 is 0 Å². The molecule has 0 saturated carbocycles. The molecule has 3 rings (SSSR count).